The summed E-state index contributed by atoms with van der Waals surface area (Å²) in [5.74, 6) is 0. The number of aliphatic hydroxyl groups excluding tert-OH is 1. The van der Waals surface area contributed by atoms with Gasteiger partial charge in [0.2, 0.25) is 0 Å². The Balaban J connectivity index is 2.33. The minimum absolute atomic E-state index is 0.524. The standard InChI is InChI=1S/C14H15F3N2O/c1-3-13(20)12-8-19(18-9(12)2)11-6-4-10(5-7-11)14(15,16)17/h4-8,13,20H,3H2,1-2H3. The van der Waals surface area contributed by atoms with Gasteiger partial charge in [-0.2, -0.15) is 18.3 Å². The monoisotopic (exact) mass is 284 g/mol. The topological polar surface area (TPSA) is 38.0 Å². The second kappa shape index (κ2) is 5.28. The molecular formula is C14H15F3N2O. The van der Waals surface area contributed by atoms with Gasteiger partial charge in [0.1, 0.15) is 0 Å². The van der Waals surface area contributed by atoms with Crippen molar-refractivity contribution in [3.63, 3.8) is 0 Å². The van der Waals surface area contributed by atoms with Crippen molar-refractivity contribution in [2.45, 2.75) is 32.5 Å². The van der Waals surface area contributed by atoms with E-state index in [2.05, 4.69) is 5.10 Å². The van der Waals surface area contributed by atoms with Crippen molar-refractivity contribution in [3.05, 3.63) is 47.3 Å². The molecule has 0 aliphatic heterocycles. The van der Waals surface area contributed by atoms with Crippen LogP contribution in [0, 0.1) is 6.92 Å². The summed E-state index contributed by atoms with van der Waals surface area (Å²) in [6.45, 7) is 3.61. The van der Waals surface area contributed by atoms with Crippen LogP contribution in [0.2, 0.25) is 0 Å². The molecule has 0 amide bonds. The molecule has 0 bridgehead atoms. The fourth-order valence-electron chi connectivity index (χ4n) is 1.96. The largest absolute Gasteiger partial charge is 0.416 e. The molecule has 108 valence electrons. The minimum Gasteiger partial charge on any atom is -0.388 e. The maximum Gasteiger partial charge on any atom is 0.416 e. The second-order valence-corrected chi connectivity index (χ2v) is 4.58. The number of rotatable bonds is 3. The van der Waals surface area contributed by atoms with Crippen LogP contribution < -0.4 is 0 Å². The van der Waals surface area contributed by atoms with Gasteiger partial charge >= 0.3 is 6.18 Å². The molecule has 0 saturated carbocycles. The summed E-state index contributed by atoms with van der Waals surface area (Å²) in [5, 5.41) is 14.0. The van der Waals surface area contributed by atoms with Crippen molar-refractivity contribution in [1.29, 1.82) is 0 Å². The third-order valence-electron chi connectivity index (χ3n) is 3.14. The first kappa shape index (κ1) is 14.6. The van der Waals surface area contributed by atoms with E-state index in [0.717, 1.165) is 12.1 Å². The highest BCUT2D eigenvalue weighted by Gasteiger charge is 2.30. The maximum absolute atomic E-state index is 12.5. The van der Waals surface area contributed by atoms with E-state index in [1.54, 1.807) is 13.1 Å². The lowest BCUT2D eigenvalue weighted by Gasteiger charge is -2.07. The molecule has 0 aliphatic rings. The molecule has 3 nitrogen and oxygen atoms in total. The summed E-state index contributed by atoms with van der Waals surface area (Å²) >= 11 is 0. The van der Waals surface area contributed by atoms with Crippen LogP contribution in [-0.2, 0) is 6.18 Å². The third kappa shape index (κ3) is 2.85. The van der Waals surface area contributed by atoms with Gasteiger partial charge in [-0.05, 0) is 37.6 Å². The highest BCUT2D eigenvalue weighted by Crippen LogP contribution is 2.30. The first-order valence-corrected chi connectivity index (χ1v) is 6.24. The van der Waals surface area contributed by atoms with Crippen LogP contribution >= 0.6 is 0 Å². The van der Waals surface area contributed by atoms with E-state index in [4.69, 9.17) is 0 Å². The zero-order chi connectivity index (χ0) is 14.9. The molecule has 1 unspecified atom stereocenters. The van der Waals surface area contributed by atoms with Crippen molar-refractivity contribution in [2.75, 3.05) is 0 Å². The average Bonchev–Trinajstić information content (AvgIpc) is 2.79. The Morgan fingerprint density at radius 1 is 1.25 bits per heavy atom. The number of aromatic nitrogens is 2. The van der Waals surface area contributed by atoms with Crippen molar-refractivity contribution in [2.24, 2.45) is 0 Å². The minimum atomic E-state index is -4.35. The number of halogens is 3. The molecule has 0 saturated heterocycles. The zero-order valence-electron chi connectivity index (χ0n) is 11.1. The van der Waals surface area contributed by atoms with Crippen molar-refractivity contribution in [3.8, 4) is 5.69 Å². The van der Waals surface area contributed by atoms with Gasteiger partial charge in [-0.25, -0.2) is 4.68 Å². The first-order valence-electron chi connectivity index (χ1n) is 6.24. The molecule has 1 aromatic carbocycles. The predicted molar refractivity (Wildman–Crippen MR) is 68.6 cm³/mol. The summed E-state index contributed by atoms with van der Waals surface area (Å²) < 4.78 is 38.9. The molecule has 2 rings (SSSR count). The molecule has 0 radical (unpaired) electrons. The number of aliphatic hydroxyl groups is 1. The molecule has 1 heterocycles. The van der Waals surface area contributed by atoms with Gasteiger partial charge in [0, 0.05) is 11.8 Å². The van der Waals surface area contributed by atoms with Crippen LogP contribution in [-0.4, -0.2) is 14.9 Å². The van der Waals surface area contributed by atoms with Crippen LogP contribution in [0.15, 0.2) is 30.5 Å². The summed E-state index contributed by atoms with van der Waals surface area (Å²) in [6.07, 6.45) is -2.76. The van der Waals surface area contributed by atoms with E-state index < -0.39 is 17.8 Å². The van der Waals surface area contributed by atoms with E-state index in [1.165, 1.54) is 16.8 Å². The lowest BCUT2D eigenvalue weighted by atomic mass is 10.1. The Labute approximate surface area is 114 Å². The molecule has 0 fully saturated rings. The highest BCUT2D eigenvalue weighted by atomic mass is 19.4. The van der Waals surface area contributed by atoms with Crippen LogP contribution in [0.5, 0.6) is 0 Å². The fraction of sp³-hybridized carbons (Fsp3) is 0.357. The third-order valence-corrected chi connectivity index (χ3v) is 3.14. The smallest absolute Gasteiger partial charge is 0.388 e. The zero-order valence-corrected chi connectivity index (χ0v) is 11.1. The number of aryl methyl sites for hydroxylation is 1. The number of hydrogen-bond donors (Lipinski definition) is 1. The summed E-state index contributed by atoms with van der Waals surface area (Å²) in [5.41, 5.74) is 1.18. The van der Waals surface area contributed by atoms with Gasteiger partial charge < -0.3 is 5.11 Å². The molecule has 0 aliphatic carbocycles. The van der Waals surface area contributed by atoms with Crippen LogP contribution in [0.3, 0.4) is 0 Å². The number of alkyl halides is 3. The molecule has 1 N–H and O–H groups in total. The molecule has 1 atom stereocenters. The Kier molecular flexibility index (Phi) is 3.85. The van der Waals surface area contributed by atoms with E-state index in [-0.39, 0.29) is 0 Å². The molecule has 2 aromatic rings. The second-order valence-electron chi connectivity index (χ2n) is 4.58. The Bertz CT molecular complexity index is 587. The Morgan fingerprint density at radius 3 is 2.35 bits per heavy atom. The number of benzene rings is 1. The van der Waals surface area contributed by atoms with Gasteiger partial charge in [0.25, 0.3) is 0 Å². The van der Waals surface area contributed by atoms with Gasteiger partial charge in [0.15, 0.2) is 0 Å². The predicted octanol–water partition coefficient (Wildman–Crippen LogP) is 3.64. The first-order chi connectivity index (χ1) is 9.32. The van der Waals surface area contributed by atoms with E-state index in [0.29, 0.717) is 23.4 Å². The van der Waals surface area contributed by atoms with Crippen molar-refractivity contribution >= 4 is 0 Å². The fourth-order valence-corrected chi connectivity index (χ4v) is 1.96. The summed E-state index contributed by atoms with van der Waals surface area (Å²) in [7, 11) is 0. The Morgan fingerprint density at radius 2 is 1.85 bits per heavy atom. The number of hydrogen-bond acceptors (Lipinski definition) is 2. The SMILES string of the molecule is CCC(O)c1cn(-c2ccc(C(F)(F)F)cc2)nc1C. The molecule has 1 aromatic heterocycles. The maximum atomic E-state index is 12.5. The molecule has 20 heavy (non-hydrogen) atoms. The van der Waals surface area contributed by atoms with Gasteiger partial charge in [0.05, 0.1) is 23.0 Å². The van der Waals surface area contributed by atoms with Gasteiger partial charge in [-0.1, -0.05) is 6.92 Å². The van der Waals surface area contributed by atoms with Crippen molar-refractivity contribution < 1.29 is 18.3 Å². The van der Waals surface area contributed by atoms with Crippen molar-refractivity contribution in [1.82, 2.24) is 9.78 Å². The van der Waals surface area contributed by atoms with Crippen LogP contribution in [0.25, 0.3) is 5.69 Å². The molecule has 0 spiro atoms. The van der Waals surface area contributed by atoms with E-state index in [9.17, 15) is 18.3 Å². The lowest BCUT2D eigenvalue weighted by Crippen LogP contribution is -2.05. The normalized spacial score (nSPS) is 13.5. The van der Waals surface area contributed by atoms with E-state index in [1.807, 2.05) is 6.92 Å². The van der Waals surface area contributed by atoms with Crippen LogP contribution in [0.4, 0.5) is 13.2 Å². The van der Waals surface area contributed by atoms with Gasteiger partial charge in [-0.15, -0.1) is 0 Å². The molecule has 6 heteroatoms. The summed E-state index contributed by atoms with van der Waals surface area (Å²) in [6, 6.07) is 4.75. The Hall–Kier alpha value is -1.82. The van der Waals surface area contributed by atoms with E-state index >= 15 is 0 Å². The highest BCUT2D eigenvalue weighted by molar-refractivity contribution is 5.36. The summed E-state index contributed by atoms with van der Waals surface area (Å²) in [4.78, 5) is 0. The average molecular weight is 284 g/mol. The number of nitrogens with zero attached hydrogens (tertiary/aromatic N) is 2. The van der Waals surface area contributed by atoms with Crippen LogP contribution in [0.1, 0.15) is 36.3 Å². The lowest BCUT2D eigenvalue weighted by molar-refractivity contribution is -0.137. The quantitative estimate of drug-likeness (QED) is 0.934. The van der Waals surface area contributed by atoms with Gasteiger partial charge in [-0.3, -0.25) is 0 Å². The molecular weight excluding hydrogens is 269 g/mol.